The fourth-order valence-electron chi connectivity index (χ4n) is 1.83. The molecule has 2 aromatic carbocycles. The van der Waals surface area contributed by atoms with Crippen LogP contribution in [0, 0.1) is 0 Å². The van der Waals surface area contributed by atoms with Gasteiger partial charge in [0.25, 0.3) is 5.91 Å². The van der Waals surface area contributed by atoms with E-state index in [4.69, 9.17) is 0 Å². The van der Waals surface area contributed by atoms with Gasteiger partial charge in [-0.25, -0.2) is 0 Å². The van der Waals surface area contributed by atoms with E-state index in [-0.39, 0.29) is 5.91 Å². The zero-order valence-electron chi connectivity index (χ0n) is 10.7. The van der Waals surface area contributed by atoms with E-state index in [2.05, 4.69) is 41.9 Å². The molecule has 0 unspecified atom stereocenters. The maximum absolute atomic E-state index is 12.2. The van der Waals surface area contributed by atoms with Crippen LogP contribution in [0.3, 0.4) is 0 Å². The number of amides is 1. The van der Waals surface area contributed by atoms with Crippen molar-refractivity contribution in [3.63, 3.8) is 0 Å². The minimum Gasteiger partial charge on any atom is -0.322 e. The number of hydrogen-bond acceptors (Lipinski definition) is 4. The summed E-state index contributed by atoms with van der Waals surface area (Å²) in [5.41, 5.74) is 2.10. The molecule has 0 fully saturated rings. The first kappa shape index (κ1) is 13.4. The molecule has 1 heterocycles. The Labute approximate surface area is 128 Å². The van der Waals surface area contributed by atoms with Crippen LogP contribution in [0.15, 0.2) is 53.0 Å². The van der Waals surface area contributed by atoms with Crippen molar-refractivity contribution < 1.29 is 4.79 Å². The number of anilines is 1. The molecular formula is C14H10BrN5O. The first-order valence-corrected chi connectivity index (χ1v) is 6.93. The van der Waals surface area contributed by atoms with Crippen molar-refractivity contribution in [2.75, 3.05) is 5.32 Å². The lowest BCUT2D eigenvalue weighted by molar-refractivity contribution is 0.102. The molecule has 0 aliphatic carbocycles. The maximum Gasteiger partial charge on any atom is 0.256 e. The Morgan fingerprint density at radius 2 is 1.86 bits per heavy atom. The van der Waals surface area contributed by atoms with Crippen LogP contribution in [0.1, 0.15) is 10.4 Å². The molecule has 2 N–H and O–H groups in total. The highest BCUT2D eigenvalue weighted by molar-refractivity contribution is 9.10. The van der Waals surface area contributed by atoms with E-state index in [0.717, 1.165) is 10.0 Å². The number of tetrazole rings is 1. The van der Waals surface area contributed by atoms with Gasteiger partial charge in [0.1, 0.15) is 0 Å². The molecule has 0 bridgehead atoms. The zero-order chi connectivity index (χ0) is 14.7. The van der Waals surface area contributed by atoms with Gasteiger partial charge < -0.3 is 5.32 Å². The molecule has 0 radical (unpaired) electrons. The molecule has 0 spiro atoms. The van der Waals surface area contributed by atoms with E-state index in [1.807, 2.05) is 30.3 Å². The monoisotopic (exact) mass is 343 g/mol. The number of halogens is 1. The van der Waals surface area contributed by atoms with Gasteiger partial charge in [-0.1, -0.05) is 12.1 Å². The minimum absolute atomic E-state index is 0.171. The van der Waals surface area contributed by atoms with Crippen molar-refractivity contribution in [2.45, 2.75) is 0 Å². The Hall–Kier alpha value is -2.54. The number of rotatable bonds is 3. The summed E-state index contributed by atoms with van der Waals surface area (Å²) >= 11 is 3.36. The molecule has 3 rings (SSSR count). The lowest BCUT2D eigenvalue weighted by Gasteiger charge is -2.07. The van der Waals surface area contributed by atoms with Gasteiger partial charge in [0, 0.05) is 15.7 Å². The number of aromatic amines is 1. The van der Waals surface area contributed by atoms with E-state index < -0.39 is 0 Å². The van der Waals surface area contributed by atoms with Crippen molar-refractivity contribution in [1.29, 1.82) is 0 Å². The van der Waals surface area contributed by atoms with Crippen molar-refractivity contribution in [3.8, 4) is 11.4 Å². The van der Waals surface area contributed by atoms with Gasteiger partial charge in [0.15, 0.2) is 0 Å². The highest BCUT2D eigenvalue weighted by atomic mass is 79.9. The Kier molecular flexibility index (Phi) is 3.74. The van der Waals surface area contributed by atoms with E-state index in [0.29, 0.717) is 17.1 Å². The molecule has 0 aliphatic heterocycles. The number of benzene rings is 2. The molecule has 6 nitrogen and oxygen atoms in total. The number of nitrogens with zero attached hydrogens (tertiary/aromatic N) is 3. The zero-order valence-corrected chi connectivity index (χ0v) is 12.3. The third kappa shape index (κ3) is 2.97. The Morgan fingerprint density at radius 3 is 2.52 bits per heavy atom. The highest BCUT2D eigenvalue weighted by Crippen LogP contribution is 2.20. The SMILES string of the molecule is O=C(Nc1ccc(-c2nn[nH]n2)cc1)c1ccccc1Br. The summed E-state index contributed by atoms with van der Waals surface area (Å²) in [6.07, 6.45) is 0. The van der Waals surface area contributed by atoms with Crippen LogP contribution in [-0.4, -0.2) is 26.5 Å². The summed E-state index contributed by atoms with van der Waals surface area (Å²) in [4.78, 5) is 12.2. The first-order chi connectivity index (χ1) is 10.2. The molecule has 1 aromatic heterocycles. The van der Waals surface area contributed by atoms with Gasteiger partial charge in [-0.2, -0.15) is 5.21 Å². The molecular weight excluding hydrogens is 334 g/mol. The van der Waals surface area contributed by atoms with Gasteiger partial charge in [0.05, 0.1) is 5.56 Å². The molecule has 0 saturated carbocycles. The van der Waals surface area contributed by atoms with Crippen LogP contribution in [0.25, 0.3) is 11.4 Å². The minimum atomic E-state index is -0.171. The molecule has 21 heavy (non-hydrogen) atoms. The molecule has 1 amide bonds. The van der Waals surface area contributed by atoms with Gasteiger partial charge in [-0.3, -0.25) is 4.79 Å². The number of H-pyrrole nitrogens is 1. The molecule has 0 saturated heterocycles. The average Bonchev–Trinajstić information content (AvgIpc) is 3.02. The Bertz CT molecular complexity index is 755. The number of carbonyl (C=O) groups excluding carboxylic acids is 1. The second-order valence-corrected chi connectivity index (χ2v) is 5.10. The second-order valence-electron chi connectivity index (χ2n) is 4.25. The summed E-state index contributed by atoms with van der Waals surface area (Å²) < 4.78 is 0.755. The summed E-state index contributed by atoms with van der Waals surface area (Å²) in [7, 11) is 0. The maximum atomic E-state index is 12.2. The van der Waals surface area contributed by atoms with Crippen molar-refractivity contribution in [1.82, 2.24) is 20.6 Å². The van der Waals surface area contributed by atoms with Gasteiger partial charge in [-0.15, -0.1) is 10.2 Å². The topological polar surface area (TPSA) is 83.6 Å². The summed E-state index contributed by atoms with van der Waals surface area (Å²) in [5.74, 6) is 0.341. The van der Waals surface area contributed by atoms with Crippen molar-refractivity contribution in [3.05, 3.63) is 58.6 Å². The highest BCUT2D eigenvalue weighted by Gasteiger charge is 2.09. The van der Waals surface area contributed by atoms with E-state index in [1.54, 1.807) is 18.2 Å². The molecule has 7 heteroatoms. The normalized spacial score (nSPS) is 10.3. The van der Waals surface area contributed by atoms with Crippen LogP contribution >= 0.6 is 15.9 Å². The van der Waals surface area contributed by atoms with Crippen LogP contribution in [0.5, 0.6) is 0 Å². The predicted octanol–water partition coefficient (Wildman–Crippen LogP) is 2.88. The van der Waals surface area contributed by atoms with Gasteiger partial charge >= 0.3 is 0 Å². The first-order valence-electron chi connectivity index (χ1n) is 6.14. The Balaban J connectivity index is 1.77. The third-order valence-electron chi connectivity index (χ3n) is 2.86. The summed E-state index contributed by atoms with van der Waals surface area (Å²) in [6, 6.07) is 14.5. The standard InChI is InChI=1S/C14H10BrN5O/c15-12-4-2-1-3-11(12)14(21)16-10-7-5-9(6-8-10)13-17-19-20-18-13/h1-8H,(H,16,21)(H,17,18,19,20). The van der Waals surface area contributed by atoms with Gasteiger partial charge in [0.2, 0.25) is 5.82 Å². The number of carbonyl (C=O) groups is 1. The quantitative estimate of drug-likeness (QED) is 0.765. The van der Waals surface area contributed by atoms with Gasteiger partial charge in [-0.05, 0) is 57.5 Å². The molecule has 0 aliphatic rings. The predicted molar refractivity (Wildman–Crippen MR) is 81.7 cm³/mol. The molecule has 3 aromatic rings. The number of nitrogens with one attached hydrogen (secondary N) is 2. The lowest BCUT2D eigenvalue weighted by atomic mass is 10.1. The fourth-order valence-corrected chi connectivity index (χ4v) is 2.30. The van der Waals surface area contributed by atoms with Crippen molar-refractivity contribution >= 4 is 27.5 Å². The summed E-state index contributed by atoms with van der Waals surface area (Å²) in [5, 5.41) is 16.5. The number of hydrogen-bond donors (Lipinski definition) is 2. The fraction of sp³-hybridized carbons (Fsp3) is 0. The van der Waals surface area contributed by atoms with E-state index >= 15 is 0 Å². The van der Waals surface area contributed by atoms with Crippen LogP contribution < -0.4 is 5.32 Å². The smallest absolute Gasteiger partial charge is 0.256 e. The number of aromatic nitrogens is 4. The average molecular weight is 344 g/mol. The molecule has 104 valence electrons. The van der Waals surface area contributed by atoms with E-state index in [1.165, 1.54) is 0 Å². The summed E-state index contributed by atoms with van der Waals surface area (Å²) in [6.45, 7) is 0. The second kappa shape index (κ2) is 5.84. The van der Waals surface area contributed by atoms with Crippen LogP contribution in [0.2, 0.25) is 0 Å². The Morgan fingerprint density at radius 1 is 1.10 bits per heavy atom. The molecule has 0 atom stereocenters. The van der Waals surface area contributed by atoms with Crippen LogP contribution in [0.4, 0.5) is 5.69 Å². The largest absolute Gasteiger partial charge is 0.322 e. The van der Waals surface area contributed by atoms with E-state index in [9.17, 15) is 4.79 Å². The van der Waals surface area contributed by atoms with Crippen LogP contribution in [-0.2, 0) is 0 Å². The lowest BCUT2D eigenvalue weighted by Crippen LogP contribution is -2.12. The van der Waals surface area contributed by atoms with Crippen molar-refractivity contribution in [2.24, 2.45) is 0 Å². The third-order valence-corrected chi connectivity index (χ3v) is 3.56.